The van der Waals surface area contributed by atoms with Crippen LogP contribution in [0.25, 0.3) is 28.1 Å². The molecule has 0 radical (unpaired) electrons. The Balaban J connectivity index is 1.94. The Morgan fingerprint density at radius 1 is 1.06 bits per heavy atom. The number of aromatic nitrogens is 6. The maximum absolute atomic E-state index is 14.5. The van der Waals surface area contributed by atoms with Crippen LogP contribution in [0.3, 0.4) is 0 Å². The molecule has 0 aliphatic carbocycles. The van der Waals surface area contributed by atoms with Crippen molar-refractivity contribution in [2.75, 3.05) is 5.75 Å². The van der Waals surface area contributed by atoms with E-state index < -0.39 is 39.6 Å². The Labute approximate surface area is 193 Å². The van der Waals surface area contributed by atoms with Crippen molar-refractivity contribution in [3.63, 3.8) is 0 Å². The standard InChI is InChI=1S/C20H15F5N6O3S/c1-2-35(33,34)14-4-5-15(31-27-7-8-28-31)29-17(14)12-9-11-3-6-16(32)30(13(11)10-26-12)19(23)20(24,25)18(21)22/h3-10,18-19H,2H2,1H3. The van der Waals surface area contributed by atoms with E-state index in [2.05, 4.69) is 20.2 Å². The molecule has 4 rings (SSSR count). The first-order valence-corrected chi connectivity index (χ1v) is 11.5. The monoisotopic (exact) mass is 514 g/mol. The third-order valence-corrected chi connectivity index (χ3v) is 6.84. The molecule has 15 heteroatoms. The summed E-state index contributed by atoms with van der Waals surface area (Å²) in [6.07, 6.45) is -4.49. The van der Waals surface area contributed by atoms with Crippen LogP contribution in [0.5, 0.6) is 0 Å². The summed E-state index contributed by atoms with van der Waals surface area (Å²) in [5.74, 6) is -5.29. The second kappa shape index (κ2) is 8.79. The van der Waals surface area contributed by atoms with Gasteiger partial charge in [0.15, 0.2) is 15.7 Å². The molecule has 184 valence electrons. The highest BCUT2D eigenvalue weighted by molar-refractivity contribution is 7.91. The van der Waals surface area contributed by atoms with Crippen LogP contribution in [0.4, 0.5) is 22.0 Å². The van der Waals surface area contributed by atoms with Gasteiger partial charge in [-0.1, -0.05) is 6.92 Å². The first-order chi connectivity index (χ1) is 16.5. The number of alkyl halides is 5. The van der Waals surface area contributed by atoms with Gasteiger partial charge in [0, 0.05) is 11.5 Å². The Morgan fingerprint density at radius 3 is 2.37 bits per heavy atom. The second-order valence-corrected chi connectivity index (χ2v) is 9.47. The van der Waals surface area contributed by atoms with Crippen LogP contribution in [0, 0.1) is 0 Å². The molecule has 0 fully saturated rings. The van der Waals surface area contributed by atoms with Crippen LogP contribution in [0.15, 0.2) is 58.6 Å². The zero-order valence-corrected chi connectivity index (χ0v) is 18.5. The van der Waals surface area contributed by atoms with E-state index in [1.165, 1.54) is 37.5 Å². The van der Waals surface area contributed by atoms with E-state index in [0.717, 1.165) is 23.1 Å². The first-order valence-electron chi connectivity index (χ1n) is 9.89. The number of halogens is 5. The highest BCUT2D eigenvalue weighted by Gasteiger charge is 2.51. The number of hydrogen-bond acceptors (Lipinski definition) is 7. The molecule has 0 spiro atoms. The van der Waals surface area contributed by atoms with Crippen molar-refractivity contribution in [2.45, 2.75) is 30.5 Å². The van der Waals surface area contributed by atoms with Gasteiger partial charge in [-0.25, -0.2) is 26.6 Å². The molecule has 4 aromatic rings. The maximum atomic E-state index is 14.5. The fourth-order valence-corrected chi connectivity index (χ4v) is 4.30. The minimum absolute atomic E-state index is 0.0495. The lowest BCUT2D eigenvalue weighted by molar-refractivity contribution is -0.191. The second-order valence-electron chi connectivity index (χ2n) is 7.22. The topological polar surface area (TPSA) is 113 Å². The minimum atomic E-state index is -5.15. The molecular weight excluding hydrogens is 499 g/mol. The van der Waals surface area contributed by atoms with E-state index in [1.807, 2.05) is 0 Å². The molecule has 0 saturated heterocycles. The quantitative estimate of drug-likeness (QED) is 0.348. The Morgan fingerprint density at radius 2 is 1.74 bits per heavy atom. The normalized spacial score (nSPS) is 13.5. The number of rotatable bonds is 7. The Bertz CT molecular complexity index is 1560. The largest absolute Gasteiger partial charge is 0.356 e. The van der Waals surface area contributed by atoms with E-state index in [1.54, 1.807) is 0 Å². The lowest BCUT2D eigenvalue weighted by Gasteiger charge is -2.22. The van der Waals surface area contributed by atoms with Gasteiger partial charge in [-0.2, -0.15) is 19.0 Å². The van der Waals surface area contributed by atoms with Crippen molar-refractivity contribution < 1.29 is 30.4 Å². The third-order valence-electron chi connectivity index (χ3n) is 5.08. The molecule has 0 amide bonds. The number of nitrogens with zero attached hydrogens (tertiary/aromatic N) is 6. The van der Waals surface area contributed by atoms with Gasteiger partial charge in [-0.15, -0.1) is 4.80 Å². The summed E-state index contributed by atoms with van der Waals surface area (Å²) < 4.78 is 92.4. The Kier molecular flexibility index (Phi) is 6.12. The van der Waals surface area contributed by atoms with Crippen molar-refractivity contribution in [3.8, 4) is 17.2 Å². The average molecular weight is 514 g/mol. The van der Waals surface area contributed by atoms with Crippen LogP contribution in [0.1, 0.15) is 13.2 Å². The predicted octanol–water partition coefficient (Wildman–Crippen LogP) is 3.20. The smallest absolute Gasteiger partial charge is 0.270 e. The number of hydrogen-bond donors (Lipinski definition) is 0. The van der Waals surface area contributed by atoms with Crippen LogP contribution in [-0.4, -0.2) is 56.0 Å². The van der Waals surface area contributed by atoms with E-state index in [0.29, 0.717) is 0 Å². The maximum Gasteiger partial charge on any atom is 0.356 e. The highest BCUT2D eigenvalue weighted by atomic mass is 32.2. The van der Waals surface area contributed by atoms with Gasteiger partial charge in [0.25, 0.3) is 5.56 Å². The third kappa shape index (κ3) is 4.26. The van der Waals surface area contributed by atoms with Gasteiger partial charge >= 0.3 is 12.3 Å². The lowest BCUT2D eigenvalue weighted by atomic mass is 10.1. The average Bonchev–Trinajstić information content (AvgIpc) is 3.38. The van der Waals surface area contributed by atoms with Gasteiger partial charge in [0.2, 0.25) is 6.30 Å². The zero-order chi connectivity index (χ0) is 25.5. The summed E-state index contributed by atoms with van der Waals surface area (Å²) >= 11 is 0. The van der Waals surface area contributed by atoms with Gasteiger partial charge in [-0.3, -0.25) is 14.3 Å². The summed E-state index contributed by atoms with van der Waals surface area (Å²) in [5.41, 5.74) is -2.01. The molecule has 1 atom stereocenters. The van der Waals surface area contributed by atoms with Crippen molar-refractivity contribution >= 4 is 20.7 Å². The predicted molar refractivity (Wildman–Crippen MR) is 113 cm³/mol. The highest BCUT2D eigenvalue weighted by Crippen LogP contribution is 2.37. The first kappa shape index (κ1) is 24.4. The van der Waals surface area contributed by atoms with E-state index in [4.69, 9.17) is 0 Å². The van der Waals surface area contributed by atoms with Crippen LogP contribution in [0.2, 0.25) is 0 Å². The molecule has 0 aliphatic heterocycles. The van der Waals surface area contributed by atoms with Crippen molar-refractivity contribution in [3.05, 3.63) is 59.3 Å². The van der Waals surface area contributed by atoms with Crippen molar-refractivity contribution in [1.29, 1.82) is 0 Å². The fourth-order valence-electron chi connectivity index (χ4n) is 3.27. The van der Waals surface area contributed by atoms with Gasteiger partial charge in [0.05, 0.1) is 40.4 Å². The lowest BCUT2D eigenvalue weighted by Crippen LogP contribution is -2.39. The zero-order valence-electron chi connectivity index (χ0n) is 17.7. The number of pyridine rings is 3. The summed E-state index contributed by atoms with van der Waals surface area (Å²) in [4.78, 5) is 21.3. The SMILES string of the molecule is CCS(=O)(=O)c1ccc(-n2nccn2)nc1-c1cc2ccc(=O)n(C(F)C(F)(F)C(F)F)c2cn1. The van der Waals surface area contributed by atoms with E-state index in [-0.39, 0.29) is 37.8 Å². The van der Waals surface area contributed by atoms with E-state index in [9.17, 15) is 35.2 Å². The molecule has 1 unspecified atom stereocenters. The summed E-state index contributed by atoms with van der Waals surface area (Å²) in [6, 6.07) is 5.68. The van der Waals surface area contributed by atoms with Crippen LogP contribution < -0.4 is 5.56 Å². The van der Waals surface area contributed by atoms with Crippen LogP contribution >= 0.6 is 0 Å². The summed E-state index contributed by atoms with van der Waals surface area (Å²) in [5, 5.41) is 7.80. The molecule has 0 aromatic carbocycles. The minimum Gasteiger partial charge on any atom is -0.270 e. The molecule has 4 aromatic heterocycles. The Hall–Kier alpha value is -3.75. The summed E-state index contributed by atoms with van der Waals surface area (Å²) in [7, 11) is -3.82. The van der Waals surface area contributed by atoms with Gasteiger partial charge in [0.1, 0.15) is 5.69 Å². The molecule has 0 aliphatic rings. The molecule has 4 heterocycles. The van der Waals surface area contributed by atoms with Gasteiger partial charge in [-0.05, 0) is 24.3 Å². The number of fused-ring (bicyclic) bond motifs is 1. The molecule has 0 N–H and O–H groups in total. The van der Waals surface area contributed by atoms with Crippen molar-refractivity contribution in [1.82, 2.24) is 29.5 Å². The van der Waals surface area contributed by atoms with E-state index >= 15 is 0 Å². The molecule has 9 nitrogen and oxygen atoms in total. The van der Waals surface area contributed by atoms with Crippen LogP contribution in [-0.2, 0) is 9.84 Å². The molecule has 0 bridgehead atoms. The van der Waals surface area contributed by atoms with Gasteiger partial charge < -0.3 is 0 Å². The number of sulfone groups is 1. The molecule has 35 heavy (non-hydrogen) atoms. The molecule has 0 saturated carbocycles. The molecular formula is C20H15F5N6O3S. The fraction of sp³-hybridized carbons (Fsp3) is 0.250. The van der Waals surface area contributed by atoms with Crippen molar-refractivity contribution in [2.24, 2.45) is 0 Å². The summed E-state index contributed by atoms with van der Waals surface area (Å²) in [6.45, 7) is 1.42.